The van der Waals surface area contributed by atoms with Gasteiger partial charge in [0.1, 0.15) is 11.7 Å². The molecule has 4 heteroatoms. The largest absolute Gasteiger partial charge is 0.459 e. The zero-order valence-corrected chi connectivity index (χ0v) is 12.7. The van der Waals surface area contributed by atoms with E-state index in [0.717, 1.165) is 31.3 Å². The molecule has 21 heavy (non-hydrogen) atoms. The van der Waals surface area contributed by atoms with E-state index in [1.165, 1.54) is 6.92 Å². The van der Waals surface area contributed by atoms with Gasteiger partial charge >= 0.3 is 11.9 Å². The molecule has 114 valence electrons. The van der Waals surface area contributed by atoms with Gasteiger partial charge in [0, 0.05) is 30.3 Å². The Morgan fingerprint density at radius 1 is 1.38 bits per heavy atom. The molecular weight excluding hydrogens is 268 g/mol. The lowest BCUT2D eigenvalue weighted by Gasteiger charge is -2.37. The molecule has 2 aliphatic carbocycles. The van der Waals surface area contributed by atoms with Crippen molar-refractivity contribution in [2.75, 3.05) is 0 Å². The van der Waals surface area contributed by atoms with E-state index >= 15 is 0 Å². The van der Waals surface area contributed by atoms with E-state index < -0.39 is 5.60 Å². The Morgan fingerprint density at radius 3 is 2.76 bits per heavy atom. The van der Waals surface area contributed by atoms with Crippen LogP contribution in [0, 0.1) is 17.8 Å². The minimum atomic E-state index is -0.507. The highest BCUT2D eigenvalue weighted by Crippen LogP contribution is 2.54. The van der Waals surface area contributed by atoms with Gasteiger partial charge in [-0.15, -0.1) is 0 Å². The first-order chi connectivity index (χ1) is 9.83. The standard InChI is InChI=1S/C17H22O4/c1-9-5-6-13-14(9)15-12(10(2)16(19)20-15)7-8-17(13,4)21-11(3)18/h12-15H,1-2,5-8H2,3-4H3/t12-,13+,14-,15-,17+/m0/s1. The molecule has 0 amide bonds. The maximum Gasteiger partial charge on any atom is 0.334 e. The number of carbonyl (C=O) groups excluding carboxylic acids is 2. The molecule has 0 aromatic heterocycles. The molecular formula is C17H22O4. The Labute approximate surface area is 125 Å². The Morgan fingerprint density at radius 2 is 2.10 bits per heavy atom. The molecule has 0 unspecified atom stereocenters. The summed E-state index contributed by atoms with van der Waals surface area (Å²) in [6.07, 6.45) is 3.15. The number of hydrogen-bond acceptors (Lipinski definition) is 4. The van der Waals surface area contributed by atoms with Gasteiger partial charge in [0.15, 0.2) is 0 Å². The van der Waals surface area contributed by atoms with Crippen LogP contribution < -0.4 is 0 Å². The van der Waals surface area contributed by atoms with E-state index in [4.69, 9.17) is 9.47 Å². The second-order valence-electron chi connectivity index (χ2n) is 6.78. The molecule has 0 bridgehead atoms. The summed E-state index contributed by atoms with van der Waals surface area (Å²) in [5, 5.41) is 0. The van der Waals surface area contributed by atoms with Crippen molar-refractivity contribution in [3.8, 4) is 0 Å². The number of fused-ring (bicyclic) bond motifs is 3. The quantitative estimate of drug-likeness (QED) is 0.423. The van der Waals surface area contributed by atoms with Crippen molar-refractivity contribution in [3.63, 3.8) is 0 Å². The van der Waals surface area contributed by atoms with E-state index in [1.807, 2.05) is 6.92 Å². The summed E-state index contributed by atoms with van der Waals surface area (Å²) in [6.45, 7) is 11.5. The van der Waals surface area contributed by atoms with Crippen molar-refractivity contribution in [2.24, 2.45) is 17.8 Å². The number of esters is 2. The summed E-state index contributed by atoms with van der Waals surface area (Å²) in [4.78, 5) is 23.4. The van der Waals surface area contributed by atoms with E-state index in [0.29, 0.717) is 5.57 Å². The molecule has 0 aromatic rings. The Balaban J connectivity index is 1.99. The monoisotopic (exact) mass is 290 g/mol. The van der Waals surface area contributed by atoms with Crippen molar-refractivity contribution in [1.29, 1.82) is 0 Å². The summed E-state index contributed by atoms with van der Waals surface area (Å²) < 4.78 is 11.3. The zero-order valence-electron chi connectivity index (χ0n) is 12.7. The minimum Gasteiger partial charge on any atom is -0.459 e. The third kappa shape index (κ3) is 2.12. The van der Waals surface area contributed by atoms with Crippen LogP contribution in [0.1, 0.15) is 39.5 Å². The Kier molecular flexibility index (Phi) is 3.23. The number of carbonyl (C=O) groups is 2. The van der Waals surface area contributed by atoms with Crippen LogP contribution in [0.4, 0.5) is 0 Å². The summed E-state index contributed by atoms with van der Waals surface area (Å²) >= 11 is 0. The van der Waals surface area contributed by atoms with Crippen LogP contribution in [0.25, 0.3) is 0 Å². The zero-order chi connectivity index (χ0) is 15.4. The van der Waals surface area contributed by atoms with E-state index in [9.17, 15) is 9.59 Å². The first kappa shape index (κ1) is 14.4. The van der Waals surface area contributed by atoms with Crippen LogP contribution >= 0.6 is 0 Å². The number of hydrogen-bond donors (Lipinski definition) is 0. The average molecular weight is 290 g/mol. The molecule has 4 nitrogen and oxygen atoms in total. The second kappa shape index (κ2) is 4.72. The van der Waals surface area contributed by atoms with Crippen LogP contribution in [0.5, 0.6) is 0 Å². The van der Waals surface area contributed by atoms with Gasteiger partial charge in [0.05, 0.1) is 0 Å². The molecule has 0 spiro atoms. The second-order valence-corrected chi connectivity index (χ2v) is 6.78. The lowest BCUT2D eigenvalue weighted by Crippen LogP contribution is -2.42. The predicted molar refractivity (Wildman–Crippen MR) is 77.3 cm³/mol. The SMILES string of the molecule is C=C1CC[C@@H]2[C@H]1[C@H]1OC(=O)C(=C)[C@@H]1CC[C@@]2(C)OC(C)=O. The third-order valence-electron chi connectivity index (χ3n) is 5.50. The van der Waals surface area contributed by atoms with Gasteiger partial charge < -0.3 is 9.47 Å². The fourth-order valence-electron chi connectivity index (χ4n) is 4.49. The van der Waals surface area contributed by atoms with Crippen LogP contribution in [0.3, 0.4) is 0 Å². The van der Waals surface area contributed by atoms with Crippen LogP contribution in [0.15, 0.2) is 24.3 Å². The molecule has 0 radical (unpaired) electrons. The van der Waals surface area contributed by atoms with Gasteiger partial charge in [-0.2, -0.15) is 0 Å². The highest BCUT2D eigenvalue weighted by atomic mass is 16.6. The molecule has 3 fully saturated rings. The molecule has 1 heterocycles. The van der Waals surface area contributed by atoms with Gasteiger partial charge in [-0.3, -0.25) is 4.79 Å². The van der Waals surface area contributed by atoms with Gasteiger partial charge in [-0.05, 0) is 32.6 Å². The van der Waals surface area contributed by atoms with Crippen LogP contribution in [0.2, 0.25) is 0 Å². The molecule has 0 aromatic carbocycles. The molecule has 2 saturated carbocycles. The third-order valence-corrected chi connectivity index (χ3v) is 5.50. The van der Waals surface area contributed by atoms with Gasteiger partial charge in [0.25, 0.3) is 0 Å². The summed E-state index contributed by atoms with van der Waals surface area (Å²) in [5.41, 5.74) is 1.16. The average Bonchev–Trinajstić information content (AvgIpc) is 2.85. The van der Waals surface area contributed by atoms with Crippen molar-refractivity contribution < 1.29 is 19.1 Å². The number of ether oxygens (including phenoxy) is 2. The summed E-state index contributed by atoms with van der Waals surface area (Å²) in [7, 11) is 0. The maximum absolute atomic E-state index is 11.9. The summed E-state index contributed by atoms with van der Waals surface area (Å²) in [5.74, 6) is -0.263. The Bertz CT molecular complexity index is 535. The smallest absolute Gasteiger partial charge is 0.334 e. The van der Waals surface area contributed by atoms with Gasteiger partial charge in [-0.1, -0.05) is 18.7 Å². The van der Waals surface area contributed by atoms with Gasteiger partial charge in [0.2, 0.25) is 0 Å². The molecule has 5 atom stereocenters. The molecule has 0 N–H and O–H groups in total. The van der Waals surface area contributed by atoms with Crippen molar-refractivity contribution in [2.45, 2.75) is 51.2 Å². The maximum atomic E-state index is 11.9. The summed E-state index contributed by atoms with van der Waals surface area (Å²) in [6, 6.07) is 0. The first-order valence-corrected chi connectivity index (χ1v) is 7.60. The minimum absolute atomic E-state index is 0.0252. The van der Waals surface area contributed by atoms with Crippen molar-refractivity contribution >= 4 is 11.9 Å². The first-order valence-electron chi connectivity index (χ1n) is 7.60. The lowest BCUT2D eigenvalue weighted by molar-refractivity contribution is -0.165. The van der Waals surface area contributed by atoms with E-state index in [2.05, 4.69) is 13.2 Å². The highest BCUT2D eigenvalue weighted by molar-refractivity contribution is 5.91. The molecule has 3 aliphatic rings. The van der Waals surface area contributed by atoms with Crippen molar-refractivity contribution in [1.82, 2.24) is 0 Å². The Hall–Kier alpha value is -1.58. The number of rotatable bonds is 1. The van der Waals surface area contributed by atoms with E-state index in [-0.39, 0.29) is 35.8 Å². The van der Waals surface area contributed by atoms with Crippen LogP contribution in [-0.2, 0) is 19.1 Å². The predicted octanol–water partition coefficient (Wildman–Crippen LogP) is 2.78. The fraction of sp³-hybridized carbons (Fsp3) is 0.647. The fourth-order valence-corrected chi connectivity index (χ4v) is 4.49. The molecule has 1 saturated heterocycles. The van der Waals surface area contributed by atoms with Gasteiger partial charge in [-0.25, -0.2) is 4.79 Å². The molecule has 3 rings (SSSR count). The highest BCUT2D eigenvalue weighted by Gasteiger charge is 2.56. The van der Waals surface area contributed by atoms with Crippen molar-refractivity contribution in [3.05, 3.63) is 24.3 Å². The van der Waals surface area contributed by atoms with E-state index in [1.54, 1.807) is 0 Å². The lowest BCUT2D eigenvalue weighted by atomic mass is 9.77. The van der Waals surface area contributed by atoms with Crippen LogP contribution in [-0.4, -0.2) is 23.6 Å². The topological polar surface area (TPSA) is 52.6 Å². The molecule has 1 aliphatic heterocycles. The normalized spacial score (nSPS) is 42.1.